The van der Waals surface area contributed by atoms with Crippen LogP contribution in [0, 0.1) is 0 Å². The first-order valence-electron chi connectivity index (χ1n) is 12.2. The van der Waals surface area contributed by atoms with Crippen LogP contribution in [-0.2, 0) is 28.0 Å². The van der Waals surface area contributed by atoms with E-state index in [4.69, 9.17) is 14.6 Å². The molecule has 2 N–H and O–H groups in total. The average molecular weight is 497 g/mol. The van der Waals surface area contributed by atoms with E-state index in [1.54, 1.807) is 18.2 Å². The second-order valence-corrected chi connectivity index (χ2v) is 10.1. The fourth-order valence-corrected chi connectivity index (χ4v) is 4.51. The van der Waals surface area contributed by atoms with E-state index < -0.39 is 10.0 Å². The smallest absolute Gasteiger partial charge is 0.241 e. The lowest BCUT2D eigenvalue weighted by atomic mass is 10.1. The highest BCUT2D eigenvalue weighted by molar-refractivity contribution is 7.89. The number of primary sulfonamides is 1. The monoisotopic (exact) mass is 496 g/mol. The number of anilines is 1. The summed E-state index contributed by atoms with van der Waals surface area (Å²) in [7, 11) is -4.06. The van der Waals surface area contributed by atoms with Gasteiger partial charge in [-0.1, -0.05) is 75.2 Å². The first-order chi connectivity index (χ1) is 16.9. The normalized spacial score (nSPS) is 11.4. The van der Waals surface area contributed by atoms with Crippen LogP contribution in [0.3, 0.4) is 0 Å². The zero-order valence-corrected chi connectivity index (χ0v) is 21.5. The van der Waals surface area contributed by atoms with Gasteiger partial charge in [-0.25, -0.2) is 13.6 Å². The number of nitrogens with two attached hydrogens (primary N) is 1. The molecule has 188 valence electrons. The van der Waals surface area contributed by atoms with Crippen molar-refractivity contribution in [2.24, 2.45) is 5.14 Å². The van der Waals surface area contributed by atoms with Gasteiger partial charge in [0.05, 0.1) is 18.9 Å². The van der Waals surface area contributed by atoms with Gasteiger partial charge in [0.2, 0.25) is 10.0 Å². The van der Waals surface area contributed by atoms with Gasteiger partial charge >= 0.3 is 0 Å². The average Bonchev–Trinajstić information content (AvgIpc) is 2.85. The predicted octanol–water partition coefficient (Wildman–Crippen LogP) is 6.25. The van der Waals surface area contributed by atoms with E-state index in [0.717, 1.165) is 55.6 Å². The number of sulfonamides is 1. The maximum absolute atomic E-state index is 12.7. The molecule has 0 aliphatic carbocycles. The highest BCUT2D eigenvalue weighted by Crippen LogP contribution is 2.40. The third kappa shape index (κ3) is 8.09. The molecule has 0 aliphatic heterocycles. The van der Waals surface area contributed by atoms with E-state index in [2.05, 4.69) is 18.7 Å². The largest absolute Gasteiger partial charge is 0.454 e. The minimum absolute atomic E-state index is 0.0323. The molecule has 0 fully saturated rings. The molecule has 0 radical (unpaired) electrons. The van der Waals surface area contributed by atoms with Gasteiger partial charge in [-0.3, -0.25) is 0 Å². The molecule has 0 atom stereocenters. The predicted molar refractivity (Wildman–Crippen MR) is 141 cm³/mol. The summed E-state index contributed by atoms with van der Waals surface area (Å²) < 4.78 is 37.6. The Hall–Kier alpha value is -2.87. The summed E-state index contributed by atoms with van der Waals surface area (Å²) in [5.74, 6) is 0.815. The van der Waals surface area contributed by atoms with Gasteiger partial charge in [0, 0.05) is 13.1 Å². The number of rotatable bonds is 14. The number of ether oxygens (including phenoxy) is 2. The second-order valence-electron chi connectivity index (χ2n) is 8.57. The standard InChI is InChI=1S/C28H36N2O4S/c1-3-5-17-30(18-6-4-2)26-19-24(22-33-21-23-13-9-7-10-14-23)20-27(35(29,31)32)28(26)34-25-15-11-8-12-16-25/h7-16,19-20H,3-6,17-18,21-22H2,1-2H3,(H2,29,31,32). The van der Waals surface area contributed by atoms with E-state index in [1.807, 2.05) is 54.6 Å². The molecule has 0 saturated heterocycles. The number of para-hydroxylation sites is 1. The summed E-state index contributed by atoms with van der Waals surface area (Å²) in [6.07, 6.45) is 4.01. The van der Waals surface area contributed by atoms with Gasteiger partial charge in [-0.15, -0.1) is 0 Å². The van der Waals surface area contributed by atoms with Crippen molar-refractivity contribution in [3.05, 3.63) is 83.9 Å². The van der Waals surface area contributed by atoms with Crippen LogP contribution < -0.4 is 14.8 Å². The molecule has 35 heavy (non-hydrogen) atoms. The van der Waals surface area contributed by atoms with Crippen LogP contribution in [-0.4, -0.2) is 21.5 Å². The molecule has 3 aromatic carbocycles. The maximum Gasteiger partial charge on any atom is 0.241 e. The molecule has 0 saturated carbocycles. The zero-order valence-electron chi connectivity index (χ0n) is 20.7. The summed E-state index contributed by atoms with van der Waals surface area (Å²) in [4.78, 5) is 2.18. The Morgan fingerprint density at radius 3 is 1.94 bits per heavy atom. The summed E-state index contributed by atoms with van der Waals surface area (Å²) in [6.45, 7) is 6.55. The van der Waals surface area contributed by atoms with Crippen molar-refractivity contribution in [3.63, 3.8) is 0 Å². The lowest BCUT2D eigenvalue weighted by Crippen LogP contribution is -2.27. The Kier molecular flexibility index (Phi) is 10.1. The van der Waals surface area contributed by atoms with Crippen molar-refractivity contribution in [2.45, 2.75) is 57.6 Å². The van der Waals surface area contributed by atoms with Gasteiger partial charge < -0.3 is 14.4 Å². The van der Waals surface area contributed by atoms with Gasteiger partial charge in [0.15, 0.2) is 5.75 Å². The number of hydrogen-bond acceptors (Lipinski definition) is 5. The van der Waals surface area contributed by atoms with Gasteiger partial charge in [0.25, 0.3) is 0 Å². The summed E-state index contributed by atoms with van der Waals surface area (Å²) in [5, 5.41) is 5.70. The molecule has 0 spiro atoms. The van der Waals surface area contributed by atoms with Crippen LogP contribution in [0.25, 0.3) is 0 Å². The number of nitrogens with zero attached hydrogens (tertiary/aromatic N) is 1. The number of unbranched alkanes of at least 4 members (excludes halogenated alkanes) is 2. The van der Waals surface area contributed by atoms with Gasteiger partial charge in [-0.05, 0) is 48.2 Å². The van der Waals surface area contributed by atoms with E-state index in [9.17, 15) is 8.42 Å². The molecular weight excluding hydrogens is 460 g/mol. The van der Waals surface area contributed by atoms with Crippen molar-refractivity contribution >= 4 is 15.7 Å². The quantitative estimate of drug-likeness (QED) is 0.285. The molecule has 3 rings (SSSR count). The Balaban J connectivity index is 2.03. The fraction of sp³-hybridized carbons (Fsp3) is 0.357. The van der Waals surface area contributed by atoms with Crippen molar-refractivity contribution in [3.8, 4) is 11.5 Å². The van der Waals surface area contributed by atoms with Crippen LogP contribution in [0.1, 0.15) is 50.7 Å². The van der Waals surface area contributed by atoms with Gasteiger partial charge in [0.1, 0.15) is 10.6 Å². The summed E-state index contributed by atoms with van der Waals surface area (Å²) in [6, 6.07) is 22.6. The van der Waals surface area contributed by atoms with Gasteiger partial charge in [-0.2, -0.15) is 0 Å². The van der Waals surface area contributed by atoms with Crippen LogP contribution in [0.5, 0.6) is 11.5 Å². The molecule has 0 amide bonds. The summed E-state index contributed by atoms with van der Waals surface area (Å²) in [5.41, 5.74) is 2.51. The minimum atomic E-state index is -4.06. The molecule has 3 aromatic rings. The minimum Gasteiger partial charge on any atom is -0.454 e. The summed E-state index contributed by atoms with van der Waals surface area (Å²) >= 11 is 0. The van der Waals surface area contributed by atoms with E-state index in [0.29, 0.717) is 12.4 Å². The molecule has 0 aromatic heterocycles. The van der Waals surface area contributed by atoms with Crippen molar-refractivity contribution in [2.75, 3.05) is 18.0 Å². The third-order valence-corrected chi connectivity index (χ3v) is 6.57. The fourth-order valence-electron chi connectivity index (χ4n) is 3.79. The molecule has 0 unspecified atom stereocenters. The van der Waals surface area contributed by atoms with Crippen molar-refractivity contribution in [1.29, 1.82) is 0 Å². The highest BCUT2D eigenvalue weighted by Gasteiger charge is 2.24. The highest BCUT2D eigenvalue weighted by atomic mass is 32.2. The van der Waals surface area contributed by atoms with Crippen molar-refractivity contribution in [1.82, 2.24) is 0 Å². The lowest BCUT2D eigenvalue weighted by Gasteiger charge is -2.28. The molecule has 7 heteroatoms. The second kappa shape index (κ2) is 13.3. The number of hydrogen-bond donors (Lipinski definition) is 1. The first kappa shape index (κ1) is 26.7. The Morgan fingerprint density at radius 1 is 0.800 bits per heavy atom. The topological polar surface area (TPSA) is 81.9 Å². The molecular formula is C28H36N2O4S. The van der Waals surface area contributed by atoms with Crippen LogP contribution in [0.4, 0.5) is 5.69 Å². The van der Waals surface area contributed by atoms with Crippen LogP contribution >= 0.6 is 0 Å². The van der Waals surface area contributed by atoms with Crippen LogP contribution in [0.15, 0.2) is 77.7 Å². The maximum atomic E-state index is 12.7. The van der Waals surface area contributed by atoms with Crippen molar-refractivity contribution < 1.29 is 17.9 Å². The number of benzene rings is 3. The first-order valence-corrected chi connectivity index (χ1v) is 13.8. The van der Waals surface area contributed by atoms with E-state index in [1.165, 1.54) is 0 Å². The Labute approximate surface area is 209 Å². The molecule has 6 nitrogen and oxygen atoms in total. The lowest BCUT2D eigenvalue weighted by molar-refractivity contribution is 0.107. The van der Waals surface area contributed by atoms with Crippen LogP contribution in [0.2, 0.25) is 0 Å². The Bertz CT molecular complexity index is 1140. The van der Waals surface area contributed by atoms with E-state index in [-0.39, 0.29) is 17.3 Å². The molecule has 0 bridgehead atoms. The Morgan fingerprint density at radius 2 is 1.37 bits per heavy atom. The third-order valence-electron chi connectivity index (χ3n) is 5.65. The molecule has 0 heterocycles. The molecule has 0 aliphatic rings. The SMILES string of the molecule is CCCCN(CCCC)c1cc(COCc2ccccc2)cc(S(N)(=O)=O)c1Oc1ccccc1. The van der Waals surface area contributed by atoms with E-state index >= 15 is 0 Å². The zero-order chi connectivity index (χ0) is 25.1.